The molecule has 1 rings (SSSR count). The van der Waals surface area contributed by atoms with Gasteiger partial charge in [-0.3, -0.25) is 4.99 Å². The fourth-order valence-electron chi connectivity index (χ4n) is 1.87. The average Bonchev–Trinajstić information content (AvgIpc) is 2.92. The van der Waals surface area contributed by atoms with Gasteiger partial charge in [-0.1, -0.05) is 0 Å². The number of hydrogen-bond acceptors (Lipinski definition) is 6. The van der Waals surface area contributed by atoms with Crippen LogP contribution < -0.4 is 10.6 Å². The second kappa shape index (κ2) is 10.2. The first-order chi connectivity index (χ1) is 11.0. The summed E-state index contributed by atoms with van der Waals surface area (Å²) in [4.78, 5) is 21.1. The highest BCUT2D eigenvalue weighted by molar-refractivity contribution is 7.13. The van der Waals surface area contributed by atoms with Crippen molar-refractivity contribution in [3.8, 4) is 0 Å². The van der Waals surface area contributed by atoms with Crippen molar-refractivity contribution in [3.05, 3.63) is 15.6 Å². The number of thiazole rings is 1. The van der Waals surface area contributed by atoms with Crippen molar-refractivity contribution >= 4 is 23.3 Å². The van der Waals surface area contributed by atoms with Gasteiger partial charge in [-0.05, 0) is 27.2 Å². The molecule has 0 aliphatic carbocycles. The van der Waals surface area contributed by atoms with Crippen LogP contribution >= 0.6 is 11.3 Å². The lowest BCUT2D eigenvalue weighted by Gasteiger charge is -2.16. The number of rotatable bonds is 8. The number of aliphatic imine (C=N–C) groups is 1. The summed E-state index contributed by atoms with van der Waals surface area (Å²) in [5, 5.41) is 7.30. The third-order valence-electron chi connectivity index (χ3n) is 3.04. The number of methoxy groups -OCH3 is 1. The number of esters is 1. The number of ether oxygens (including phenoxy) is 2. The molecule has 1 aromatic rings. The Hall–Kier alpha value is -1.67. The van der Waals surface area contributed by atoms with Crippen LogP contribution in [0, 0.1) is 6.92 Å². The molecule has 0 saturated carbocycles. The van der Waals surface area contributed by atoms with Crippen LogP contribution in [0.1, 0.15) is 46.7 Å². The van der Waals surface area contributed by atoms with Gasteiger partial charge >= 0.3 is 5.97 Å². The molecule has 130 valence electrons. The lowest BCUT2D eigenvalue weighted by Crippen LogP contribution is -2.39. The molecule has 1 aromatic heterocycles. The summed E-state index contributed by atoms with van der Waals surface area (Å²) >= 11 is 1.35. The maximum Gasteiger partial charge on any atom is 0.350 e. The van der Waals surface area contributed by atoms with E-state index < -0.39 is 0 Å². The van der Waals surface area contributed by atoms with Gasteiger partial charge in [0.2, 0.25) is 0 Å². The fraction of sp³-hybridized carbons (Fsp3) is 0.667. The molecule has 0 aromatic carbocycles. The zero-order valence-electron chi connectivity index (χ0n) is 14.4. The van der Waals surface area contributed by atoms with E-state index in [0.29, 0.717) is 29.7 Å². The van der Waals surface area contributed by atoms with Crippen molar-refractivity contribution in [2.45, 2.75) is 33.2 Å². The van der Waals surface area contributed by atoms with Crippen LogP contribution in [-0.2, 0) is 9.47 Å². The molecular formula is C15H26N4O3S. The number of guanidine groups is 1. The maximum absolute atomic E-state index is 11.9. The second-order valence-corrected chi connectivity index (χ2v) is 5.93. The van der Waals surface area contributed by atoms with Gasteiger partial charge in [-0.25, -0.2) is 9.78 Å². The Labute approximate surface area is 141 Å². The number of aryl methyl sites for hydroxylation is 1. The molecule has 0 fully saturated rings. The quantitative estimate of drug-likeness (QED) is 0.325. The fourth-order valence-corrected chi connectivity index (χ4v) is 2.84. The Morgan fingerprint density at radius 1 is 1.48 bits per heavy atom. The minimum Gasteiger partial charge on any atom is -0.462 e. The van der Waals surface area contributed by atoms with Gasteiger partial charge in [0.25, 0.3) is 0 Å². The Kier molecular flexibility index (Phi) is 8.57. The summed E-state index contributed by atoms with van der Waals surface area (Å²) in [6, 6.07) is -0.0597. The molecule has 0 spiro atoms. The van der Waals surface area contributed by atoms with E-state index in [1.807, 2.05) is 13.8 Å². The first-order valence-electron chi connectivity index (χ1n) is 7.64. The van der Waals surface area contributed by atoms with Crippen LogP contribution in [0.3, 0.4) is 0 Å². The number of nitrogens with zero attached hydrogens (tertiary/aromatic N) is 2. The minimum atomic E-state index is -0.317. The van der Waals surface area contributed by atoms with E-state index in [4.69, 9.17) is 9.47 Å². The topological polar surface area (TPSA) is 84.8 Å². The SMILES string of the molecule is CCOC(=O)c1sc(C(C)NC(=NC)NCCCOC)nc1C. The lowest BCUT2D eigenvalue weighted by molar-refractivity contribution is 0.0531. The third-order valence-corrected chi connectivity index (χ3v) is 4.36. The summed E-state index contributed by atoms with van der Waals surface area (Å²) in [5.41, 5.74) is 0.695. The summed E-state index contributed by atoms with van der Waals surface area (Å²) in [5.74, 6) is 0.377. The molecule has 0 radical (unpaired) electrons. The predicted octanol–water partition coefficient (Wildman–Crippen LogP) is 1.89. The van der Waals surface area contributed by atoms with E-state index in [0.717, 1.165) is 18.0 Å². The molecule has 0 amide bonds. The lowest BCUT2D eigenvalue weighted by atomic mass is 10.3. The van der Waals surface area contributed by atoms with Crippen LogP contribution in [0.4, 0.5) is 0 Å². The van der Waals surface area contributed by atoms with Gasteiger partial charge in [0.15, 0.2) is 5.96 Å². The number of carbonyl (C=O) groups excluding carboxylic acids is 1. The minimum absolute atomic E-state index is 0.0597. The molecule has 1 atom stereocenters. The van der Waals surface area contributed by atoms with Gasteiger partial charge in [0.05, 0.1) is 18.3 Å². The van der Waals surface area contributed by atoms with E-state index in [1.165, 1.54) is 11.3 Å². The third kappa shape index (κ3) is 6.15. The molecule has 23 heavy (non-hydrogen) atoms. The average molecular weight is 342 g/mol. The highest BCUT2D eigenvalue weighted by Gasteiger charge is 2.19. The molecule has 0 bridgehead atoms. The predicted molar refractivity (Wildman–Crippen MR) is 92.2 cm³/mol. The van der Waals surface area contributed by atoms with Crippen molar-refractivity contribution < 1.29 is 14.3 Å². The van der Waals surface area contributed by atoms with Crippen molar-refractivity contribution in [2.24, 2.45) is 4.99 Å². The molecule has 0 aliphatic rings. The Morgan fingerprint density at radius 3 is 2.83 bits per heavy atom. The van der Waals surface area contributed by atoms with Crippen LogP contribution in [-0.4, -0.2) is 50.8 Å². The molecule has 1 unspecified atom stereocenters. The second-order valence-electron chi connectivity index (χ2n) is 4.90. The standard InChI is InChI=1S/C15H26N4O3S/c1-6-22-14(20)12-10(2)18-13(23-12)11(3)19-15(16-4)17-8-7-9-21-5/h11H,6-9H2,1-5H3,(H2,16,17,19). The monoisotopic (exact) mass is 342 g/mol. The Bertz CT molecular complexity index is 531. The van der Waals surface area contributed by atoms with E-state index >= 15 is 0 Å². The number of nitrogens with one attached hydrogen (secondary N) is 2. The first kappa shape index (κ1) is 19.4. The van der Waals surface area contributed by atoms with Crippen molar-refractivity contribution in [1.29, 1.82) is 0 Å². The van der Waals surface area contributed by atoms with E-state index in [2.05, 4.69) is 20.6 Å². The zero-order valence-corrected chi connectivity index (χ0v) is 15.2. The summed E-state index contributed by atoms with van der Waals surface area (Å²) in [6.07, 6.45) is 0.898. The van der Waals surface area contributed by atoms with Gasteiger partial charge in [0.1, 0.15) is 9.88 Å². The Balaban J connectivity index is 2.64. The van der Waals surface area contributed by atoms with E-state index in [-0.39, 0.29) is 12.0 Å². The van der Waals surface area contributed by atoms with Gasteiger partial charge in [0, 0.05) is 27.3 Å². The van der Waals surface area contributed by atoms with Crippen LogP contribution in [0.25, 0.3) is 0 Å². The van der Waals surface area contributed by atoms with Crippen molar-refractivity contribution in [3.63, 3.8) is 0 Å². The number of carbonyl (C=O) groups is 1. The maximum atomic E-state index is 11.9. The van der Waals surface area contributed by atoms with Gasteiger partial charge in [-0.2, -0.15) is 0 Å². The summed E-state index contributed by atoms with van der Waals surface area (Å²) in [7, 11) is 3.40. The summed E-state index contributed by atoms with van der Waals surface area (Å²) in [6.45, 7) is 7.42. The molecule has 0 saturated heterocycles. The van der Waals surface area contributed by atoms with Crippen LogP contribution in [0.15, 0.2) is 4.99 Å². The molecular weight excluding hydrogens is 316 g/mol. The van der Waals surface area contributed by atoms with Gasteiger partial charge < -0.3 is 20.1 Å². The van der Waals surface area contributed by atoms with Gasteiger partial charge in [-0.15, -0.1) is 11.3 Å². The molecule has 7 nitrogen and oxygen atoms in total. The highest BCUT2D eigenvalue weighted by Crippen LogP contribution is 2.24. The number of aromatic nitrogens is 1. The molecule has 2 N–H and O–H groups in total. The largest absolute Gasteiger partial charge is 0.462 e. The van der Waals surface area contributed by atoms with E-state index in [1.54, 1.807) is 21.1 Å². The smallest absolute Gasteiger partial charge is 0.350 e. The molecule has 1 heterocycles. The van der Waals surface area contributed by atoms with Crippen LogP contribution in [0.5, 0.6) is 0 Å². The first-order valence-corrected chi connectivity index (χ1v) is 8.45. The zero-order chi connectivity index (χ0) is 17.2. The van der Waals surface area contributed by atoms with Crippen LogP contribution in [0.2, 0.25) is 0 Å². The molecule has 0 aliphatic heterocycles. The Morgan fingerprint density at radius 2 is 2.22 bits per heavy atom. The normalized spacial score (nSPS) is 12.8. The van der Waals surface area contributed by atoms with E-state index in [9.17, 15) is 4.79 Å². The highest BCUT2D eigenvalue weighted by atomic mass is 32.1. The molecule has 8 heteroatoms. The van der Waals surface area contributed by atoms with Crippen molar-refractivity contribution in [2.75, 3.05) is 33.9 Å². The number of hydrogen-bond donors (Lipinski definition) is 2. The summed E-state index contributed by atoms with van der Waals surface area (Å²) < 4.78 is 10.1. The van der Waals surface area contributed by atoms with Crippen molar-refractivity contribution in [1.82, 2.24) is 15.6 Å².